The molecule has 2 atom stereocenters. The van der Waals surface area contributed by atoms with Gasteiger partial charge in [-0.25, -0.2) is 8.42 Å². The number of rotatable bonds is 7. The van der Waals surface area contributed by atoms with Crippen LogP contribution in [0.4, 0.5) is 0 Å². The van der Waals surface area contributed by atoms with Crippen molar-refractivity contribution in [2.75, 3.05) is 38.8 Å². The van der Waals surface area contributed by atoms with Crippen molar-refractivity contribution in [3.05, 3.63) is 0 Å². The Hall–Kier alpha value is -0.660. The Kier molecular flexibility index (Phi) is 6.22. The minimum atomic E-state index is -2.86. The molecule has 0 aromatic heterocycles. The Labute approximate surface area is 115 Å². The molecule has 19 heavy (non-hydrogen) atoms. The first-order valence-corrected chi connectivity index (χ1v) is 8.43. The average molecular weight is 292 g/mol. The number of carbonyl (C=O) groups is 1. The van der Waals surface area contributed by atoms with Crippen LogP contribution in [0.5, 0.6) is 0 Å². The molecule has 2 unspecified atom stereocenters. The third-order valence-corrected chi connectivity index (χ3v) is 5.29. The molecule has 1 heterocycles. The molecule has 7 heteroatoms. The van der Waals surface area contributed by atoms with Gasteiger partial charge in [-0.3, -0.25) is 4.79 Å². The van der Waals surface area contributed by atoms with Gasteiger partial charge in [0.05, 0.1) is 18.6 Å². The molecule has 1 aliphatic heterocycles. The smallest absolute Gasteiger partial charge is 0.322 e. The molecule has 1 N–H and O–H groups in total. The standard InChI is InChI=1S/C12H24N2O4S/c1-4-13-11(12(15)18-3)5-7-14(2)10-6-8-19(16,17)9-10/h10-11,13H,4-9H2,1-3H3. The molecule has 1 fully saturated rings. The summed E-state index contributed by atoms with van der Waals surface area (Å²) in [6.07, 6.45) is 1.30. The van der Waals surface area contributed by atoms with Crippen LogP contribution in [-0.2, 0) is 19.4 Å². The van der Waals surface area contributed by atoms with E-state index in [4.69, 9.17) is 4.74 Å². The fourth-order valence-electron chi connectivity index (χ4n) is 2.33. The summed E-state index contributed by atoms with van der Waals surface area (Å²) in [6.45, 7) is 3.30. The van der Waals surface area contributed by atoms with Gasteiger partial charge in [-0.1, -0.05) is 6.92 Å². The molecule has 0 radical (unpaired) electrons. The maximum atomic E-state index is 11.5. The highest BCUT2D eigenvalue weighted by molar-refractivity contribution is 7.91. The molecule has 0 spiro atoms. The lowest BCUT2D eigenvalue weighted by atomic mass is 10.1. The highest BCUT2D eigenvalue weighted by Crippen LogP contribution is 2.16. The van der Waals surface area contributed by atoms with Crippen molar-refractivity contribution >= 4 is 15.8 Å². The van der Waals surface area contributed by atoms with Crippen molar-refractivity contribution in [1.29, 1.82) is 0 Å². The number of likely N-dealkylation sites (N-methyl/N-ethyl adjacent to an activating group) is 1. The van der Waals surface area contributed by atoms with E-state index < -0.39 is 9.84 Å². The molecule has 0 amide bonds. The van der Waals surface area contributed by atoms with Crippen molar-refractivity contribution in [2.45, 2.75) is 31.8 Å². The Morgan fingerprint density at radius 3 is 2.68 bits per heavy atom. The van der Waals surface area contributed by atoms with Gasteiger partial charge in [-0.15, -0.1) is 0 Å². The summed E-state index contributed by atoms with van der Waals surface area (Å²) < 4.78 is 27.6. The first kappa shape index (κ1) is 16.4. The predicted octanol–water partition coefficient (Wildman–Crippen LogP) is -0.353. The van der Waals surface area contributed by atoms with E-state index in [0.29, 0.717) is 25.9 Å². The van der Waals surface area contributed by atoms with Crippen LogP contribution in [0, 0.1) is 0 Å². The molecule has 6 nitrogen and oxygen atoms in total. The summed E-state index contributed by atoms with van der Waals surface area (Å²) in [5.74, 6) is 0.234. The van der Waals surface area contributed by atoms with Crippen LogP contribution in [0.15, 0.2) is 0 Å². The molecule has 112 valence electrons. The van der Waals surface area contributed by atoms with E-state index in [1.807, 2.05) is 18.9 Å². The first-order chi connectivity index (χ1) is 8.89. The largest absolute Gasteiger partial charge is 0.468 e. The van der Waals surface area contributed by atoms with Crippen LogP contribution in [0.25, 0.3) is 0 Å². The van der Waals surface area contributed by atoms with Gasteiger partial charge in [0.25, 0.3) is 0 Å². The Morgan fingerprint density at radius 2 is 2.21 bits per heavy atom. The third-order valence-electron chi connectivity index (χ3n) is 3.54. The molecule has 0 aliphatic carbocycles. The summed E-state index contributed by atoms with van der Waals surface area (Å²) in [6, 6.07) is -0.250. The molecule has 0 aromatic carbocycles. The lowest BCUT2D eigenvalue weighted by Gasteiger charge is -2.25. The van der Waals surface area contributed by atoms with Gasteiger partial charge in [0.15, 0.2) is 9.84 Å². The molecular weight excluding hydrogens is 268 g/mol. The van der Waals surface area contributed by atoms with E-state index in [-0.39, 0.29) is 29.6 Å². The van der Waals surface area contributed by atoms with Gasteiger partial charge in [-0.2, -0.15) is 0 Å². The van der Waals surface area contributed by atoms with E-state index in [9.17, 15) is 13.2 Å². The normalized spacial score (nSPS) is 23.5. The lowest BCUT2D eigenvalue weighted by molar-refractivity contribution is -0.143. The van der Waals surface area contributed by atoms with Gasteiger partial charge in [0, 0.05) is 12.6 Å². The van der Waals surface area contributed by atoms with Gasteiger partial charge in [-0.05, 0) is 26.4 Å². The second kappa shape index (κ2) is 7.21. The number of ether oxygens (including phenoxy) is 1. The fourth-order valence-corrected chi connectivity index (χ4v) is 4.14. The number of esters is 1. The summed E-state index contributed by atoms with van der Waals surface area (Å²) in [4.78, 5) is 13.6. The molecule has 0 aromatic rings. The maximum absolute atomic E-state index is 11.5. The molecule has 0 saturated carbocycles. The van der Waals surface area contributed by atoms with Crippen molar-refractivity contribution in [3.8, 4) is 0 Å². The minimum Gasteiger partial charge on any atom is -0.468 e. The number of hydrogen-bond acceptors (Lipinski definition) is 6. The highest BCUT2D eigenvalue weighted by atomic mass is 32.2. The van der Waals surface area contributed by atoms with Gasteiger partial charge < -0.3 is 15.0 Å². The first-order valence-electron chi connectivity index (χ1n) is 6.61. The number of hydrogen-bond donors (Lipinski definition) is 1. The number of sulfone groups is 1. The zero-order chi connectivity index (χ0) is 14.5. The zero-order valence-corrected chi connectivity index (χ0v) is 12.7. The third kappa shape index (κ3) is 5.08. The number of carbonyl (C=O) groups excluding carboxylic acids is 1. The van der Waals surface area contributed by atoms with Crippen molar-refractivity contribution in [2.24, 2.45) is 0 Å². The maximum Gasteiger partial charge on any atom is 0.322 e. The SMILES string of the molecule is CCNC(CCN(C)C1CCS(=O)(=O)C1)C(=O)OC. The van der Waals surface area contributed by atoms with Crippen LogP contribution in [0.3, 0.4) is 0 Å². The average Bonchev–Trinajstić information content (AvgIpc) is 2.73. The monoisotopic (exact) mass is 292 g/mol. The molecular formula is C12H24N2O4S. The predicted molar refractivity (Wildman–Crippen MR) is 73.8 cm³/mol. The van der Waals surface area contributed by atoms with E-state index in [2.05, 4.69) is 5.32 Å². The second-order valence-corrected chi connectivity index (χ2v) is 7.19. The van der Waals surface area contributed by atoms with E-state index in [1.165, 1.54) is 7.11 Å². The second-order valence-electron chi connectivity index (χ2n) is 4.96. The zero-order valence-electron chi connectivity index (χ0n) is 11.9. The topological polar surface area (TPSA) is 75.7 Å². The van der Waals surface area contributed by atoms with E-state index >= 15 is 0 Å². The van der Waals surface area contributed by atoms with E-state index in [1.54, 1.807) is 0 Å². The van der Waals surface area contributed by atoms with Gasteiger partial charge >= 0.3 is 5.97 Å². The molecule has 1 saturated heterocycles. The van der Waals surface area contributed by atoms with Crippen LogP contribution in [0.1, 0.15) is 19.8 Å². The summed E-state index contributed by atoms with van der Waals surface area (Å²) in [5, 5.41) is 3.08. The number of methoxy groups -OCH3 is 1. The molecule has 1 rings (SSSR count). The van der Waals surface area contributed by atoms with Gasteiger partial charge in [0.2, 0.25) is 0 Å². The van der Waals surface area contributed by atoms with Crippen molar-refractivity contribution in [3.63, 3.8) is 0 Å². The summed E-state index contributed by atoms with van der Waals surface area (Å²) in [7, 11) is 0.424. The Bertz CT molecular complexity index is 397. The number of nitrogens with zero attached hydrogens (tertiary/aromatic N) is 1. The lowest BCUT2D eigenvalue weighted by Crippen LogP contribution is -2.42. The van der Waals surface area contributed by atoms with Crippen LogP contribution < -0.4 is 5.32 Å². The van der Waals surface area contributed by atoms with Crippen LogP contribution in [-0.4, -0.2) is 70.1 Å². The summed E-state index contributed by atoms with van der Waals surface area (Å²) in [5.41, 5.74) is 0. The van der Waals surface area contributed by atoms with Crippen molar-refractivity contribution in [1.82, 2.24) is 10.2 Å². The minimum absolute atomic E-state index is 0.0740. The van der Waals surface area contributed by atoms with Crippen LogP contribution in [0.2, 0.25) is 0 Å². The Morgan fingerprint density at radius 1 is 1.53 bits per heavy atom. The Balaban J connectivity index is 2.43. The quantitative estimate of drug-likeness (QED) is 0.646. The fraction of sp³-hybridized carbons (Fsp3) is 0.917. The van der Waals surface area contributed by atoms with E-state index in [0.717, 1.165) is 0 Å². The number of nitrogens with one attached hydrogen (secondary N) is 1. The highest BCUT2D eigenvalue weighted by Gasteiger charge is 2.31. The molecule has 1 aliphatic rings. The molecule has 0 bridgehead atoms. The van der Waals surface area contributed by atoms with Gasteiger partial charge in [0.1, 0.15) is 6.04 Å². The van der Waals surface area contributed by atoms with Crippen molar-refractivity contribution < 1.29 is 17.9 Å². The summed E-state index contributed by atoms with van der Waals surface area (Å²) >= 11 is 0. The van der Waals surface area contributed by atoms with Crippen LogP contribution >= 0.6 is 0 Å².